The van der Waals surface area contributed by atoms with Gasteiger partial charge in [-0.05, 0) is 43.0 Å². The largest absolute Gasteiger partial charge is 0.446 e. The first-order chi connectivity index (χ1) is 10.2. The predicted molar refractivity (Wildman–Crippen MR) is 83.1 cm³/mol. The van der Waals surface area contributed by atoms with Crippen LogP contribution >= 0.6 is 0 Å². The maximum absolute atomic E-state index is 12.4. The van der Waals surface area contributed by atoms with Gasteiger partial charge in [-0.1, -0.05) is 49.0 Å². The highest BCUT2D eigenvalue weighted by molar-refractivity contribution is 5.89. The number of hydrogen-bond donors (Lipinski definition) is 0. The lowest BCUT2D eigenvalue weighted by Gasteiger charge is -2.36. The molecule has 0 bridgehead atoms. The minimum absolute atomic E-state index is 0.299. The van der Waals surface area contributed by atoms with E-state index in [2.05, 4.69) is 12.6 Å². The second-order valence-electron chi connectivity index (χ2n) is 5.36. The van der Waals surface area contributed by atoms with Crippen LogP contribution in [-0.4, -0.2) is 5.97 Å². The van der Waals surface area contributed by atoms with E-state index >= 15 is 0 Å². The molecule has 2 aromatic carbocycles. The van der Waals surface area contributed by atoms with E-state index in [9.17, 15) is 4.79 Å². The average Bonchev–Trinajstić information content (AvgIpc) is 2.56. The summed E-state index contributed by atoms with van der Waals surface area (Å²) in [6.07, 6.45) is 4.57. The van der Waals surface area contributed by atoms with Gasteiger partial charge in [-0.15, -0.1) is 0 Å². The van der Waals surface area contributed by atoms with Crippen molar-refractivity contribution in [2.45, 2.75) is 24.9 Å². The summed E-state index contributed by atoms with van der Waals surface area (Å²) in [6.45, 7) is 3.92. The third-order valence-corrected chi connectivity index (χ3v) is 4.08. The van der Waals surface area contributed by atoms with Crippen LogP contribution in [0.5, 0.6) is 0 Å². The minimum atomic E-state index is -0.707. The number of carbonyl (C=O) groups is 1. The molecule has 0 fully saturated rings. The van der Waals surface area contributed by atoms with Crippen LogP contribution in [0.1, 0.15) is 34.3 Å². The number of ether oxygens (including phenoxy) is 1. The van der Waals surface area contributed by atoms with E-state index in [1.165, 1.54) is 5.56 Å². The number of hydrogen-bond acceptors (Lipinski definition) is 2. The van der Waals surface area contributed by atoms with Crippen LogP contribution in [0.4, 0.5) is 0 Å². The molecule has 0 spiro atoms. The van der Waals surface area contributed by atoms with Gasteiger partial charge in [0, 0.05) is 5.56 Å². The molecular formula is C19H18O2. The number of esters is 1. The zero-order valence-corrected chi connectivity index (χ0v) is 11.9. The number of rotatable bonds is 3. The normalized spacial score (nSPS) is 20.4. The molecule has 21 heavy (non-hydrogen) atoms. The number of benzene rings is 2. The monoisotopic (exact) mass is 278 g/mol. The average molecular weight is 278 g/mol. The second kappa shape index (κ2) is 5.57. The van der Waals surface area contributed by atoms with E-state index < -0.39 is 5.60 Å². The zero-order valence-electron chi connectivity index (χ0n) is 11.9. The molecule has 1 aliphatic rings. The Labute approximate surface area is 125 Å². The van der Waals surface area contributed by atoms with Gasteiger partial charge in [0.2, 0.25) is 0 Å². The van der Waals surface area contributed by atoms with Gasteiger partial charge in [-0.2, -0.15) is 0 Å². The van der Waals surface area contributed by atoms with Crippen LogP contribution in [0.2, 0.25) is 0 Å². The Morgan fingerprint density at radius 1 is 1.10 bits per heavy atom. The summed E-state index contributed by atoms with van der Waals surface area (Å²) in [4.78, 5) is 12.4. The smallest absolute Gasteiger partial charge is 0.339 e. The molecular weight excluding hydrogens is 260 g/mol. The van der Waals surface area contributed by atoms with Gasteiger partial charge in [-0.25, -0.2) is 4.79 Å². The maximum Gasteiger partial charge on any atom is 0.339 e. The van der Waals surface area contributed by atoms with Crippen LogP contribution in [0.25, 0.3) is 0 Å². The Morgan fingerprint density at radius 2 is 1.81 bits per heavy atom. The summed E-state index contributed by atoms with van der Waals surface area (Å²) in [6, 6.07) is 17.3. The maximum atomic E-state index is 12.4. The van der Waals surface area contributed by atoms with Gasteiger partial charge in [0.1, 0.15) is 0 Å². The predicted octanol–water partition coefficient (Wildman–Crippen LogP) is 4.26. The van der Waals surface area contributed by atoms with Crippen LogP contribution in [0.15, 0.2) is 67.3 Å². The lowest BCUT2D eigenvalue weighted by molar-refractivity contribution is -0.00520. The molecule has 0 saturated heterocycles. The lowest BCUT2D eigenvalue weighted by atomic mass is 9.79. The molecule has 2 heteroatoms. The quantitative estimate of drug-likeness (QED) is 0.619. The van der Waals surface area contributed by atoms with Crippen molar-refractivity contribution in [2.24, 2.45) is 0 Å². The van der Waals surface area contributed by atoms with Crippen molar-refractivity contribution in [3.8, 4) is 0 Å². The summed E-state index contributed by atoms with van der Waals surface area (Å²) in [5.74, 6) is -0.299. The summed E-state index contributed by atoms with van der Waals surface area (Å²) in [5, 5.41) is 0. The Kier molecular flexibility index (Phi) is 3.61. The van der Waals surface area contributed by atoms with Crippen molar-refractivity contribution in [2.75, 3.05) is 0 Å². The number of carbonyl (C=O) groups excluding carboxylic acids is 1. The summed E-state index contributed by atoms with van der Waals surface area (Å²) in [5.41, 5.74) is 2.17. The fourth-order valence-corrected chi connectivity index (χ4v) is 2.99. The molecule has 2 aromatic rings. The summed E-state index contributed by atoms with van der Waals surface area (Å²) >= 11 is 0. The van der Waals surface area contributed by atoms with E-state index in [1.807, 2.05) is 36.4 Å². The molecule has 0 saturated carbocycles. The lowest BCUT2D eigenvalue weighted by Crippen LogP contribution is -2.34. The Balaban J connectivity index is 1.96. The molecule has 0 unspecified atom stereocenters. The number of aryl methyl sites for hydroxylation is 1. The van der Waals surface area contributed by atoms with Crippen molar-refractivity contribution < 1.29 is 9.53 Å². The van der Waals surface area contributed by atoms with E-state index in [4.69, 9.17) is 4.74 Å². The molecule has 0 N–H and O–H groups in total. The third-order valence-electron chi connectivity index (χ3n) is 4.08. The Hall–Kier alpha value is -2.35. The minimum Gasteiger partial charge on any atom is -0.446 e. The zero-order chi connectivity index (χ0) is 14.7. The Morgan fingerprint density at radius 3 is 2.57 bits per heavy atom. The molecule has 1 aliphatic carbocycles. The van der Waals surface area contributed by atoms with E-state index in [1.54, 1.807) is 18.2 Å². The van der Waals surface area contributed by atoms with Crippen molar-refractivity contribution >= 4 is 5.97 Å². The first-order valence-corrected chi connectivity index (χ1v) is 7.25. The molecule has 106 valence electrons. The summed E-state index contributed by atoms with van der Waals surface area (Å²) in [7, 11) is 0. The molecule has 0 radical (unpaired) electrons. The number of fused-ring (bicyclic) bond motifs is 1. The van der Waals surface area contributed by atoms with Gasteiger partial charge in [0.15, 0.2) is 5.60 Å². The van der Waals surface area contributed by atoms with Crippen molar-refractivity contribution in [3.63, 3.8) is 0 Å². The molecule has 0 amide bonds. The van der Waals surface area contributed by atoms with Gasteiger partial charge < -0.3 is 4.74 Å². The molecule has 0 aromatic heterocycles. The van der Waals surface area contributed by atoms with Crippen LogP contribution in [-0.2, 0) is 16.8 Å². The van der Waals surface area contributed by atoms with Gasteiger partial charge in [0.05, 0.1) is 5.56 Å². The van der Waals surface area contributed by atoms with Crippen LogP contribution in [0.3, 0.4) is 0 Å². The van der Waals surface area contributed by atoms with E-state index in [0.717, 1.165) is 24.8 Å². The Bertz CT molecular complexity index is 660. The van der Waals surface area contributed by atoms with E-state index in [-0.39, 0.29) is 5.97 Å². The molecule has 0 heterocycles. The van der Waals surface area contributed by atoms with Crippen molar-refractivity contribution in [1.29, 1.82) is 0 Å². The highest BCUT2D eigenvalue weighted by Gasteiger charge is 2.37. The molecule has 2 nitrogen and oxygen atoms in total. The SMILES string of the molecule is C=C[C@@]1(OC(=O)c2ccccc2)CCCc2ccccc21. The van der Waals surface area contributed by atoms with Gasteiger partial charge in [0.25, 0.3) is 0 Å². The fourth-order valence-electron chi connectivity index (χ4n) is 2.99. The highest BCUT2D eigenvalue weighted by Crippen LogP contribution is 2.39. The van der Waals surface area contributed by atoms with Gasteiger partial charge >= 0.3 is 5.97 Å². The standard InChI is InChI=1S/C19H18O2/c1-2-19(21-18(20)16-10-4-3-5-11-16)14-8-12-15-9-6-7-13-17(15)19/h2-7,9-11,13H,1,8,12,14H2/t19-/m1/s1. The summed E-state index contributed by atoms with van der Waals surface area (Å²) < 4.78 is 5.88. The first kappa shape index (κ1) is 13.6. The van der Waals surface area contributed by atoms with Crippen molar-refractivity contribution in [3.05, 3.63) is 83.9 Å². The highest BCUT2D eigenvalue weighted by atomic mass is 16.6. The third kappa shape index (κ3) is 2.49. The topological polar surface area (TPSA) is 26.3 Å². The molecule has 0 aliphatic heterocycles. The molecule has 1 atom stereocenters. The van der Waals surface area contributed by atoms with Crippen LogP contribution < -0.4 is 0 Å². The van der Waals surface area contributed by atoms with Gasteiger partial charge in [-0.3, -0.25) is 0 Å². The fraction of sp³-hybridized carbons (Fsp3) is 0.211. The second-order valence-corrected chi connectivity index (χ2v) is 5.36. The van der Waals surface area contributed by atoms with Crippen molar-refractivity contribution in [1.82, 2.24) is 0 Å². The molecule has 3 rings (SSSR count). The van der Waals surface area contributed by atoms with E-state index in [0.29, 0.717) is 5.56 Å². The van der Waals surface area contributed by atoms with Crippen LogP contribution in [0, 0.1) is 0 Å². The first-order valence-electron chi connectivity index (χ1n) is 7.25.